The van der Waals surface area contributed by atoms with Crippen LogP contribution < -0.4 is 19.7 Å². The third-order valence-electron chi connectivity index (χ3n) is 4.33. The molecule has 2 amide bonds. The highest BCUT2D eigenvalue weighted by atomic mass is 35.5. The Labute approximate surface area is 160 Å². The van der Waals surface area contributed by atoms with Crippen LogP contribution in [0.5, 0.6) is 11.5 Å². The maximum Gasteiger partial charge on any atom is 0.256 e. The Balaban J connectivity index is 1.75. The lowest BCUT2D eigenvalue weighted by Crippen LogP contribution is -2.37. The van der Waals surface area contributed by atoms with Crippen LogP contribution in [0.25, 0.3) is 0 Å². The molecule has 6 nitrogen and oxygen atoms in total. The Morgan fingerprint density at radius 2 is 1.96 bits per heavy atom. The van der Waals surface area contributed by atoms with Gasteiger partial charge in [-0.3, -0.25) is 9.59 Å². The maximum atomic E-state index is 13.9. The van der Waals surface area contributed by atoms with E-state index >= 15 is 0 Å². The van der Waals surface area contributed by atoms with Crippen molar-refractivity contribution in [3.05, 3.63) is 52.8 Å². The first kappa shape index (κ1) is 19.0. The molecule has 0 radical (unpaired) electrons. The lowest BCUT2D eigenvalue weighted by atomic mass is 10.1. The van der Waals surface area contributed by atoms with Crippen LogP contribution in [0.4, 0.5) is 10.1 Å². The minimum absolute atomic E-state index is 0.0218. The largest absolute Gasteiger partial charge is 0.493 e. The molecule has 1 heterocycles. The van der Waals surface area contributed by atoms with Crippen molar-refractivity contribution in [3.8, 4) is 11.5 Å². The molecule has 2 aromatic carbocycles. The first-order valence-corrected chi connectivity index (χ1v) is 8.59. The maximum absolute atomic E-state index is 13.9. The number of carbonyl (C=O) groups is 2. The van der Waals surface area contributed by atoms with Crippen LogP contribution >= 0.6 is 11.6 Å². The van der Waals surface area contributed by atoms with Gasteiger partial charge in [-0.1, -0.05) is 17.7 Å². The molecule has 8 heteroatoms. The third-order valence-corrected chi connectivity index (χ3v) is 4.64. The molecule has 1 saturated heterocycles. The smallest absolute Gasteiger partial charge is 0.256 e. The van der Waals surface area contributed by atoms with Gasteiger partial charge in [-0.05, 0) is 24.3 Å². The highest BCUT2D eigenvalue weighted by Crippen LogP contribution is 2.33. The summed E-state index contributed by atoms with van der Waals surface area (Å²) in [7, 11) is 3.03. The van der Waals surface area contributed by atoms with Gasteiger partial charge in [0.1, 0.15) is 5.82 Å². The van der Waals surface area contributed by atoms with Gasteiger partial charge >= 0.3 is 0 Å². The van der Waals surface area contributed by atoms with Crippen molar-refractivity contribution in [2.24, 2.45) is 0 Å². The number of carbonyl (C=O) groups excluding carboxylic acids is 2. The lowest BCUT2D eigenvalue weighted by molar-refractivity contribution is -0.117. The Kier molecular flexibility index (Phi) is 5.51. The number of nitrogens with one attached hydrogen (secondary N) is 1. The van der Waals surface area contributed by atoms with E-state index in [0.29, 0.717) is 17.2 Å². The molecule has 0 bridgehead atoms. The van der Waals surface area contributed by atoms with Crippen molar-refractivity contribution in [2.75, 3.05) is 25.7 Å². The van der Waals surface area contributed by atoms with E-state index in [1.807, 2.05) is 0 Å². The first-order chi connectivity index (χ1) is 12.9. The Morgan fingerprint density at radius 1 is 1.22 bits per heavy atom. The first-order valence-electron chi connectivity index (χ1n) is 8.22. The topological polar surface area (TPSA) is 67.9 Å². The van der Waals surface area contributed by atoms with Gasteiger partial charge in [0.15, 0.2) is 11.5 Å². The molecule has 0 aromatic heterocycles. The predicted octanol–water partition coefficient (Wildman–Crippen LogP) is 3.03. The van der Waals surface area contributed by atoms with E-state index in [2.05, 4.69) is 5.32 Å². The fourth-order valence-electron chi connectivity index (χ4n) is 3.02. The number of amides is 2. The van der Waals surface area contributed by atoms with Gasteiger partial charge < -0.3 is 19.7 Å². The summed E-state index contributed by atoms with van der Waals surface area (Å²) in [6.45, 7) is 0.256. The zero-order valence-corrected chi connectivity index (χ0v) is 15.5. The molecule has 142 valence electrons. The number of rotatable bonds is 5. The zero-order valence-electron chi connectivity index (χ0n) is 14.8. The molecule has 1 aliphatic heterocycles. The van der Waals surface area contributed by atoms with Crippen molar-refractivity contribution < 1.29 is 23.5 Å². The molecule has 3 rings (SSSR count). The van der Waals surface area contributed by atoms with Crippen LogP contribution in [0.2, 0.25) is 5.02 Å². The molecule has 0 unspecified atom stereocenters. The zero-order chi connectivity index (χ0) is 19.6. The average Bonchev–Trinajstić information content (AvgIpc) is 3.01. The summed E-state index contributed by atoms with van der Waals surface area (Å²) in [6, 6.07) is 8.69. The Morgan fingerprint density at radius 3 is 2.63 bits per heavy atom. The van der Waals surface area contributed by atoms with E-state index in [-0.39, 0.29) is 29.5 Å². The summed E-state index contributed by atoms with van der Waals surface area (Å²) in [6.07, 6.45) is 0.103. The molecule has 0 aliphatic carbocycles. The molecular formula is C19H18ClFN2O4. The number of hydrogen-bond donors (Lipinski definition) is 1. The van der Waals surface area contributed by atoms with Crippen LogP contribution in [-0.4, -0.2) is 38.6 Å². The van der Waals surface area contributed by atoms with Crippen LogP contribution in [0.1, 0.15) is 16.8 Å². The standard InChI is InChI=1S/C19H18ClFN2O4/c1-26-15-7-6-12(9-16(15)27-2)23-10-11(8-17(23)24)22-19(25)18-13(20)4-3-5-14(18)21/h3-7,9,11H,8,10H2,1-2H3,(H,22,25)/t11-/m0/s1. The van der Waals surface area contributed by atoms with E-state index in [0.717, 1.165) is 6.07 Å². The molecule has 1 atom stereocenters. The molecule has 0 spiro atoms. The summed E-state index contributed by atoms with van der Waals surface area (Å²) in [5.41, 5.74) is 0.398. The number of ether oxygens (including phenoxy) is 2. The fourth-order valence-corrected chi connectivity index (χ4v) is 3.27. The number of hydrogen-bond acceptors (Lipinski definition) is 4. The van der Waals surface area contributed by atoms with Crippen LogP contribution in [-0.2, 0) is 4.79 Å². The van der Waals surface area contributed by atoms with Crippen LogP contribution in [0, 0.1) is 5.82 Å². The summed E-state index contributed by atoms with van der Waals surface area (Å²) >= 11 is 5.92. The normalized spacial score (nSPS) is 16.4. The SMILES string of the molecule is COc1ccc(N2C[C@@H](NC(=O)c3c(F)cccc3Cl)CC2=O)cc1OC. The Bertz CT molecular complexity index is 870. The number of halogens is 2. The van der Waals surface area contributed by atoms with E-state index in [1.165, 1.54) is 31.3 Å². The van der Waals surface area contributed by atoms with Gasteiger partial charge in [0.05, 0.1) is 30.8 Å². The molecule has 0 saturated carbocycles. The molecule has 1 N–H and O–H groups in total. The van der Waals surface area contributed by atoms with Gasteiger partial charge in [-0.2, -0.15) is 0 Å². The number of benzene rings is 2. The summed E-state index contributed by atoms with van der Waals surface area (Å²) in [5, 5.41) is 2.70. The number of nitrogens with zero attached hydrogens (tertiary/aromatic N) is 1. The molecule has 2 aromatic rings. The Hall–Kier alpha value is -2.80. The van der Waals surface area contributed by atoms with E-state index in [1.54, 1.807) is 18.2 Å². The van der Waals surface area contributed by atoms with Crippen LogP contribution in [0.15, 0.2) is 36.4 Å². The predicted molar refractivity (Wildman–Crippen MR) is 99.2 cm³/mol. The molecule has 27 heavy (non-hydrogen) atoms. The van der Waals surface area contributed by atoms with Gasteiger partial charge in [-0.25, -0.2) is 4.39 Å². The molecule has 1 aliphatic rings. The fraction of sp³-hybridized carbons (Fsp3) is 0.263. The van der Waals surface area contributed by atoms with E-state index in [4.69, 9.17) is 21.1 Å². The molecule has 1 fully saturated rings. The van der Waals surface area contributed by atoms with E-state index in [9.17, 15) is 14.0 Å². The average molecular weight is 393 g/mol. The second-order valence-corrected chi connectivity index (χ2v) is 6.42. The summed E-state index contributed by atoms with van der Waals surface area (Å²) in [5.74, 6) is -0.473. The van der Waals surface area contributed by atoms with Crippen molar-refractivity contribution in [1.82, 2.24) is 5.32 Å². The highest BCUT2D eigenvalue weighted by Gasteiger charge is 2.33. The minimum atomic E-state index is -0.707. The van der Waals surface area contributed by atoms with Gasteiger partial charge in [0.25, 0.3) is 5.91 Å². The summed E-state index contributed by atoms with van der Waals surface area (Å²) in [4.78, 5) is 26.3. The van der Waals surface area contributed by atoms with Gasteiger partial charge in [0, 0.05) is 24.7 Å². The number of methoxy groups -OCH3 is 2. The monoisotopic (exact) mass is 392 g/mol. The van der Waals surface area contributed by atoms with Gasteiger partial charge in [-0.15, -0.1) is 0 Å². The third kappa shape index (κ3) is 3.83. The lowest BCUT2D eigenvalue weighted by Gasteiger charge is -2.19. The molecular weight excluding hydrogens is 375 g/mol. The highest BCUT2D eigenvalue weighted by molar-refractivity contribution is 6.33. The summed E-state index contributed by atoms with van der Waals surface area (Å²) < 4.78 is 24.4. The second kappa shape index (κ2) is 7.84. The quantitative estimate of drug-likeness (QED) is 0.849. The van der Waals surface area contributed by atoms with Crippen molar-refractivity contribution in [1.29, 1.82) is 0 Å². The van der Waals surface area contributed by atoms with Gasteiger partial charge in [0.2, 0.25) is 5.91 Å². The van der Waals surface area contributed by atoms with E-state index < -0.39 is 17.8 Å². The minimum Gasteiger partial charge on any atom is -0.493 e. The van der Waals surface area contributed by atoms with Crippen LogP contribution in [0.3, 0.4) is 0 Å². The van der Waals surface area contributed by atoms with Crippen molar-refractivity contribution in [3.63, 3.8) is 0 Å². The number of anilines is 1. The van der Waals surface area contributed by atoms with Crippen molar-refractivity contribution in [2.45, 2.75) is 12.5 Å². The van der Waals surface area contributed by atoms with Crippen molar-refractivity contribution >= 4 is 29.1 Å². The second-order valence-electron chi connectivity index (χ2n) is 6.01.